The normalized spacial score (nSPS) is 10.6. The highest BCUT2D eigenvalue weighted by Crippen LogP contribution is 2.20. The number of hydrogen-bond donors (Lipinski definition) is 1. The fourth-order valence-electron chi connectivity index (χ4n) is 2.42. The highest BCUT2D eigenvalue weighted by Gasteiger charge is 2.09. The van der Waals surface area contributed by atoms with E-state index in [1.807, 2.05) is 36.7 Å². The maximum atomic E-state index is 5.21. The second kappa shape index (κ2) is 8.25. The first-order valence-electron chi connectivity index (χ1n) is 8.00. The van der Waals surface area contributed by atoms with Crippen LogP contribution in [0.5, 0.6) is 5.75 Å². The number of imidazole rings is 1. The Morgan fingerprint density at radius 1 is 1.16 bits per heavy atom. The summed E-state index contributed by atoms with van der Waals surface area (Å²) >= 11 is 0. The van der Waals surface area contributed by atoms with Crippen molar-refractivity contribution in [2.45, 2.75) is 6.42 Å². The molecule has 2 heterocycles. The molecule has 7 nitrogen and oxygen atoms in total. The number of anilines is 1. The van der Waals surface area contributed by atoms with E-state index in [1.165, 1.54) is 0 Å². The Morgan fingerprint density at radius 3 is 2.68 bits per heavy atom. The van der Waals surface area contributed by atoms with Gasteiger partial charge in [-0.3, -0.25) is 4.57 Å². The van der Waals surface area contributed by atoms with Crippen molar-refractivity contribution in [3.63, 3.8) is 0 Å². The van der Waals surface area contributed by atoms with E-state index in [1.54, 1.807) is 31.3 Å². The Labute approximate surface area is 146 Å². The topological polar surface area (TPSA) is 74.1 Å². The summed E-state index contributed by atoms with van der Waals surface area (Å²) in [5.41, 5.74) is 2.18. The van der Waals surface area contributed by atoms with Crippen LogP contribution in [0, 0.1) is 0 Å². The van der Waals surface area contributed by atoms with Crippen molar-refractivity contribution in [3.05, 3.63) is 60.3 Å². The highest BCUT2D eigenvalue weighted by molar-refractivity contribution is 5.47. The van der Waals surface area contributed by atoms with E-state index in [0.717, 1.165) is 29.1 Å². The average Bonchev–Trinajstić information content (AvgIpc) is 3.18. The number of hydrogen-bond acceptors (Lipinski definition) is 6. The standard InChI is InChI=1S/C18H21N5O2/c1-24-10-8-20-17-15(11-14-3-5-16(25-2)6-4-14)12-21-18(22-17)23-9-7-19-13-23/h3-7,9,12-13H,8,10-11H2,1-2H3,(H,20,21,22). The second-order valence-corrected chi connectivity index (χ2v) is 5.46. The van der Waals surface area contributed by atoms with Gasteiger partial charge in [0.25, 0.3) is 0 Å². The maximum absolute atomic E-state index is 5.21. The van der Waals surface area contributed by atoms with Crippen molar-refractivity contribution in [3.8, 4) is 11.7 Å². The van der Waals surface area contributed by atoms with Crippen LogP contribution in [0.1, 0.15) is 11.1 Å². The lowest BCUT2D eigenvalue weighted by Crippen LogP contribution is -2.13. The number of aromatic nitrogens is 4. The fraction of sp³-hybridized carbons (Fsp3) is 0.278. The van der Waals surface area contributed by atoms with Crippen LogP contribution in [0.25, 0.3) is 5.95 Å². The monoisotopic (exact) mass is 339 g/mol. The summed E-state index contributed by atoms with van der Waals surface area (Å²) in [6, 6.07) is 7.99. The molecule has 0 aliphatic rings. The maximum Gasteiger partial charge on any atom is 0.236 e. The van der Waals surface area contributed by atoms with Gasteiger partial charge in [0.15, 0.2) is 0 Å². The number of nitrogens with one attached hydrogen (secondary N) is 1. The van der Waals surface area contributed by atoms with Crippen LogP contribution in [0.4, 0.5) is 5.82 Å². The van der Waals surface area contributed by atoms with E-state index in [9.17, 15) is 0 Å². The Kier molecular flexibility index (Phi) is 5.58. The van der Waals surface area contributed by atoms with Gasteiger partial charge in [-0.2, -0.15) is 4.98 Å². The number of methoxy groups -OCH3 is 2. The Balaban J connectivity index is 1.85. The quantitative estimate of drug-likeness (QED) is 0.635. The minimum absolute atomic E-state index is 0.580. The third-order valence-corrected chi connectivity index (χ3v) is 3.74. The van der Waals surface area contributed by atoms with Crippen LogP contribution in [-0.2, 0) is 11.2 Å². The SMILES string of the molecule is COCCNc1nc(-n2ccnc2)ncc1Cc1ccc(OC)cc1. The summed E-state index contributed by atoms with van der Waals surface area (Å²) in [6.45, 7) is 1.28. The van der Waals surface area contributed by atoms with Gasteiger partial charge in [0.1, 0.15) is 17.9 Å². The van der Waals surface area contributed by atoms with Gasteiger partial charge in [-0.05, 0) is 17.7 Å². The lowest BCUT2D eigenvalue weighted by atomic mass is 10.1. The van der Waals surface area contributed by atoms with Gasteiger partial charge in [0.05, 0.1) is 13.7 Å². The van der Waals surface area contributed by atoms with Crippen LogP contribution in [0.2, 0.25) is 0 Å². The fourth-order valence-corrected chi connectivity index (χ4v) is 2.42. The summed E-state index contributed by atoms with van der Waals surface area (Å²) in [5.74, 6) is 2.22. The molecule has 0 atom stereocenters. The van der Waals surface area contributed by atoms with Crippen molar-refractivity contribution in [1.29, 1.82) is 0 Å². The molecule has 0 saturated carbocycles. The van der Waals surface area contributed by atoms with Crippen LogP contribution in [0.15, 0.2) is 49.2 Å². The van der Waals surface area contributed by atoms with E-state index in [4.69, 9.17) is 9.47 Å². The Bertz CT molecular complexity index is 788. The third-order valence-electron chi connectivity index (χ3n) is 3.74. The number of ether oxygens (including phenoxy) is 2. The van der Waals surface area contributed by atoms with Crippen molar-refractivity contribution >= 4 is 5.82 Å². The van der Waals surface area contributed by atoms with Crippen molar-refractivity contribution in [2.24, 2.45) is 0 Å². The molecule has 0 saturated heterocycles. The number of nitrogens with zero attached hydrogens (tertiary/aromatic N) is 4. The van der Waals surface area contributed by atoms with E-state index in [2.05, 4.69) is 20.3 Å². The molecule has 0 aliphatic carbocycles. The third kappa shape index (κ3) is 4.33. The summed E-state index contributed by atoms with van der Waals surface area (Å²) in [4.78, 5) is 13.1. The minimum atomic E-state index is 0.580. The van der Waals surface area contributed by atoms with Gasteiger partial charge in [-0.1, -0.05) is 12.1 Å². The summed E-state index contributed by atoms with van der Waals surface area (Å²) in [7, 11) is 3.34. The van der Waals surface area contributed by atoms with Gasteiger partial charge in [0.2, 0.25) is 5.95 Å². The lowest BCUT2D eigenvalue weighted by Gasteiger charge is -2.12. The molecule has 0 amide bonds. The van der Waals surface area contributed by atoms with Crippen LogP contribution in [0.3, 0.4) is 0 Å². The van der Waals surface area contributed by atoms with Crippen molar-refractivity contribution in [1.82, 2.24) is 19.5 Å². The predicted octanol–water partition coefficient (Wildman–Crippen LogP) is 2.32. The highest BCUT2D eigenvalue weighted by atomic mass is 16.5. The molecule has 3 rings (SSSR count). The molecule has 0 fully saturated rings. The molecular weight excluding hydrogens is 318 g/mol. The molecule has 25 heavy (non-hydrogen) atoms. The summed E-state index contributed by atoms with van der Waals surface area (Å²) in [6.07, 6.45) is 7.77. The van der Waals surface area contributed by atoms with Crippen molar-refractivity contribution < 1.29 is 9.47 Å². The van der Waals surface area contributed by atoms with E-state index in [0.29, 0.717) is 19.1 Å². The van der Waals surface area contributed by atoms with Gasteiger partial charge >= 0.3 is 0 Å². The Morgan fingerprint density at radius 2 is 2.00 bits per heavy atom. The minimum Gasteiger partial charge on any atom is -0.497 e. The van der Waals surface area contributed by atoms with Gasteiger partial charge in [-0.25, -0.2) is 9.97 Å². The number of rotatable bonds is 8. The average molecular weight is 339 g/mol. The first-order chi connectivity index (χ1) is 12.3. The molecule has 0 spiro atoms. The molecule has 3 aromatic rings. The van der Waals surface area contributed by atoms with Gasteiger partial charge in [-0.15, -0.1) is 0 Å². The molecule has 1 aromatic carbocycles. The zero-order chi connectivity index (χ0) is 17.5. The molecular formula is C18H21N5O2. The first kappa shape index (κ1) is 16.9. The van der Waals surface area contributed by atoms with Crippen LogP contribution in [-0.4, -0.2) is 46.9 Å². The molecule has 0 aliphatic heterocycles. The molecule has 0 unspecified atom stereocenters. The van der Waals surface area contributed by atoms with E-state index < -0.39 is 0 Å². The van der Waals surface area contributed by atoms with E-state index >= 15 is 0 Å². The predicted molar refractivity (Wildman–Crippen MR) is 95.3 cm³/mol. The molecule has 7 heteroatoms. The Hall–Kier alpha value is -2.93. The van der Waals surface area contributed by atoms with Crippen LogP contribution >= 0.6 is 0 Å². The second-order valence-electron chi connectivity index (χ2n) is 5.46. The number of benzene rings is 1. The zero-order valence-electron chi connectivity index (χ0n) is 14.3. The smallest absolute Gasteiger partial charge is 0.236 e. The molecule has 2 aromatic heterocycles. The molecule has 0 bridgehead atoms. The van der Waals surface area contributed by atoms with Gasteiger partial charge < -0.3 is 14.8 Å². The zero-order valence-corrected chi connectivity index (χ0v) is 14.3. The summed E-state index contributed by atoms with van der Waals surface area (Å²) < 4.78 is 12.1. The molecule has 1 N–H and O–H groups in total. The van der Waals surface area contributed by atoms with Gasteiger partial charge in [0, 0.05) is 44.2 Å². The molecule has 130 valence electrons. The molecule has 0 radical (unpaired) electrons. The van der Waals surface area contributed by atoms with Crippen LogP contribution < -0.4 is 10.1 Å². The first-order valence-corrected chi connectivity index (χ1v) is 8.00. The largest absolute Gasteiger partial charge is 0.497 e. The summed E-state index contributed by atoms with van der Waals surface area (Å²) in [5, 5.41) is 3.32. The van der Waals surface area contributed by atoms with Crippen molar-refractivity contribution in [2.75, 3.05) is 32.7 Å². The van der Waals surface area contributed by atoms with E-state index in [-0.39, 0.29) is 0 Å². The lowest BCUT2D eigenvalue weighted by molar-refractivity contribution is 0.210.